The number of aromatic nitrogens is 3. The SMILES string of the molecule is O[C@@H](COCc1ccccc1)CN1CCC[C@@H](Cn2cncn2)C1. The lowest BCUT2D eigenvalue weighted by Crippen LogP contribution is -2.42. The summed E-state index contributed by atoms with van der Waals surface area (Å²) >= 11 is 0. The van der Waals surface area contributed by atoms with Gasteiger partial charge in [-0.25, -0.2) is 4.98 Å². The van der Waals surface area contributed by atoms with Gasteiger partial charge in [-0.05, 0) is 30.9 Å². The fourth-order valence-corrected chi connectivity index (χ4v) is 3.30. The molecule has 0 amide bonds. The number of benzene rings is 1. The van der Waals surface area contributed by atoms with Crippen molar-refractivity contribution >= 4 is 0 Å². The highest BCUT2D eigenvalue weighted by Gasteiger charge is 2.22. The van der Waals surface area contributed by atoms with Crippen LogP contribution in [0.2, 0.25) is 0 Å². The van der Waals surface area contributed by atoms with E-state index in [1.807, 2.05) is 35.0 Å². The maximum absolute atomic E-state index is 10.2. The van der Waals surface area contributed by atoms with Gasteiger partial charge in [-0.15, -0.1) is 0 Å². The molecular weight excluding hydrogens is 304 g/mol. The van der Waals surface area contributed by atoms with E-state index in [0.717, 1.165) is 31.6 Å². The molecule has 130 valence electrons. The molecule has 1 aliphatic rings. The number of aliphatic hydroxyl groups excluding tert-OH is 1. The largest absolute Gasteiger partial charge is 0.389 e. The van der Waals surface area contributed by atoms with Crippen LogP contribution in [0.25, 0.3) is 0 Å². The smallest absolute Gasteiger partial charge is 0.137 e. The molecule has 1 N–H and O–H groups in total. The minimum Gasteiger partial charge on any atom is -0.389 e. The lowest BCUT2D eigenvalue weighted by molar-refractivity contribution is 0.00214. The van der Waals surface area contributed by atoms with E-state index in [1.165, 1.54) is 6.42 Å². The van der Waals surface area contributed by atoms with Crippen molar-refractivity contribution in [3.05, 3.63) is 48.5 Å². The fourth-order valence-electron chi connectivity index (χ4n) is 3.30. The topological polar surface area (TPSA) is 63.4 Å². The number of ether oxygens (including phenoxy) is 1. The van der Waals surface area contributed by atoms with Gasteiger partial charge in [-0.2, -0.15) is 5.10 Å². The molecule has 24 heavy (non-hydrogen) atoms. The molecule has 2 aromatic rings. The van der Waals surface area contributed by atoms with E-state index >= 15 is 0 Å². The van der Waals surface area contributed by atoms with Crippen LogP contribution < -0.4 is 0 Å². The monoisotopic (exact) mass is 330 g/mol. The zero-order valence-corrected chi connectivity index (χ0v) is 14.0. The van der Waals surface area contributed by atoms with Gasteiger partial charge >= 0.3 is 0 Å². The molecule has 1 aliphatic heterocycles. The molecule has 0 radical (unpaired) electrons. The van der Waals surface area contributed by atoms with Gasteiger partial charge in [0.05, 0.1) is 19.3 Å². The number of aliphatic hydroxyl groups is 1. The van der Waals surface area contributed by atoms with Crippen molar-refractivity contribution in [2.45, 2.75) is 32.1 Å². The summed E-state index contributed by atoms with van der Waals surface area (Å²) in [7, 11) is 0. The third kappa shape index (κ3) is 5.40. The first kappa shape index (κ1) is 17.1. The lowest BCUT2D eigenvalue weighted by Gasteiger charge is -2.33. The molecular formula is C18H26N4O2. The Balaban J connectivity index is 1.36. The Hall–Kier alpha value is -1.76. The van der Waals surface area contributed by atoms with E-state index < -0.39 is 6.10 Å². The van der Waals surface area contributed by atoms with Gasteiger partial charge in [0.1, 0.15) is 12.7 Å². The molecule has 1 fully saturated rings. The molecule has 6 nitrogen and oxygen atoms in total. The summed E-state index contributed by atoms with van der Waals surface area (Å²) in [6, 6.07) is 10.1. The Morgan fingerprint density at radius 1 is 1.29 bits per heavy atom. The van der Waals surface area contributed by atoms with Crippen LogP contribution in [0.1, 0.15) is 18.4 Å². The molecule has 2 atom stereocenters. The van der Waals surface area contributed by atoms with Crippen molar-refractivity contribution in [1.29, 1.82) is 0 Å². The number of rotatable bonds is 8. The van der Waals surface area contributed by atoms with Crippen LogP contribution in [0.4, 0.5) is 0 Å². The Bertz CT molecular complexity index is 576. The lowest BCUT2D eigenvalue weighted by atomic mass is 9.98. The van der Waals surface area contributed by atoms with Gasteiger partial charge in [-0.3, -0.25) is 4.68 Å². The first-order valence-corrected chi connectivity index (χ1v) is 8.64. The van der Waals surface area contributed by atoms with E-state index in [-0.39, 0.29) is 0 Å². The molecule has 1 saturated heterocycles. The predicted molar refractivity (Wildman–Crippen MR) is 91.3 cm³/mol. The maximum Gasteiger partial charge on any atom is 0.137 e. The molecule has 3 rings (SSSR count). The minimum atomic E-state index is -0.446. The number of hydrogen-bond donors (Lipinski definition) is 1. The van der Waals surface area contributed by atoms with E-state index in [0.29, 0.717) is 25.7 Å². The standard InChI is InChI=1S/C18H26N4O2/c23-18(13-24-12-16-5-2-1-3-6-16)11-21-8-4-7-17(9-21)10-22-15-19-14-20-22/h1-3,5-6,14-15,17-18,23H,4,7-13H2/t17-,18-/m1/s1. The van der Waals surface area contributed by atoms with Crippen molar-refractivity contribution in [2.24, 2.45) is 5.92 Å². The second-order valence-corrected chi connectivity index (χ2v) is 6.54. The van der Waals surface area contributed by atoms with Gasteiger partial charge in [-0.1, -0.05) is 30.3 Å². The first-order valence-electron chi connectivity index (χ1n) is 8.64. The molecule has 0 bridgehead atoms. The number of β-amino-alcohol motifs (C(OH)–C–C–N with tert-alkyl or cyclic N) is 1. The first-order chi connectivity index (χ1) is 11.8. The molecule has 2 heterocycles. The Kier molecular flexibility index (Phi) is 6.34. The summed E-state index contributed by atoms with van der Waals surface area (Å²) in [5, 5.41) is 14.4. The summed E-state index contributed by atoms with van der Waals surface area (Å²) in [4.78, 5) is 6.33. The number of nitrogens with zero attached hydrogens (tertiary/aromatic N) is 4. The van der Waals surface area contributed by atoms with E-state index in [9.17, 15) is 5.11 Å². The molecule has 0 saturated carbocycles. The Morgan fingerprint density at radius 2 is 2.17 bits per heavy atom. The second-order valence-electron chi connectivity index (χ2n) is 6.54. The highest BCUT2D eigenvalue weighted by Crippen LogP contribution is 2.18. The highest BCUT2D eigenvalue weighted by atomic mass is 16.5. The zero-order chi connectivity index (χ0) is 16.6. The number of hydrogen-bond acceptors (Lipinski definition) is 5. The van der Waals surface area contributed by atoms with Crippen LogP contribution in [0.3, 0.4) is 0 Å². The van der Waals surface area contributed by atoms with Crippen LogP contribution in [0.5, 0.6) is 0 Å². The van der Waals surface area contributed by atoms with Crippen LogP contribution >= 0.6 is 0 Å². The minimum absolute atomic E-state index is 0.374. The molecule has 1 aromatic heterocycles. The maximum atomic E-state index is 10.2. The van der Waals surface area contributed by atoms with Gasteiger partial charge < -0.3 is 14.7 Å². The quantitative estimate of drug-likeness (QED) is 0.796. The van der Waals surface area contributed by atoms with Crippen molar-refractivity contribution in [1.82, 2.24) is 19.7 Å². The number of piperidine rings is 1. The van der Waals surface area contributed by atoms with E-state index in [2.05, 4.69) is 15.0 Å². The molecule has 1 aromatic carbocycles. The zero-order valence-electron chi connectivity index (χ0n) is 14.0. The van der Waals surface area contributed by atoms with Crippen LogP contribution in [-0.4, -0.2) is 57.1 Å². The summed E-state index contributed by atoms with van der Waals surface area (Å²) in [5.41, 5.74) is 1.13. The normalized spacial score (nSPS) is 20.1. The average molecular weight is 330 g/mol. The third-order valence-electron chi connectivity index (χ3n) is 4.41. The fraction of sp³-hybridized carbons (Fsp3) is 0.556. The van der Waals surface area contributed by atoms with E-state index in [4.69, 9.17) is 4.74 Å². The van der Waals surface area contributed by atoms with Crippen LogP contribution in [0, 0.1) is 5.92 Å². The molecule has 0 unspecified atom stereocenters. The van der Waals surface area contributed by atoms with Crippen LogP contribution in [-0.2, 0) is 17.9 Å². The summed E-state index contributed by atoms with van der Waals surface area (Å²) in [6.45, 7) is 4.53. The second kappa shape index (κ2) is 8.92. The van der Waals surface area contributed by atoms with Crippen molar-refractivity contribution < 1.29 is 9.84 Å². The summed E-state index contributed by atoms with van der Waals surface area (Å²) < 4.78 is 7.53. The van der Waals surface area contributed by atoms with Crippen molar-refractivity contribution in [3.63, 3.8) is 0 Å². The highest BCUT2D eigenvalue weighted by molar-refractivity contribution is 5.13. The van der Waals surface area contributed by atoms with Crippen LogP contribution in [0.15, 0.2) is 43.0 Å². The summed E-state index contributed by atoms with van der Waals surface area (Å²) in [6.07, 6.45) is 5.27. The van der Waals surface area contributed by atoms with Crippen molar-refractivity contribution in [3.8, 4) is 0 Å². The molecule has 6 heteroatoms. The summed E-state index contributed by atoms with van der Waals surface area (Å²) in [5.74, 6) is 0.567. The average Bonchev–Trinajstić information content (AvgIpc) is 3.09. The third-order valence-corrected chi connectivity index (χ3v) is 4.41. The van der Waals surface area contributed by atoms with E-state index in [1.54, 1.807) is 12.7 Å². The van der Waals surface area contributed by atoms with Gasteiger partial charge in [0, 0.05) is 19.6 Å². The van der Waals surface area contributed by atoms with Gasteiger partial charge in [0.25, 0.3) is 0 Å². The van der Waals surface area contributed by atoms with Crippen molar-refractivity contribution in [2.75, 3.05) is 26.2 Å². The van der Waals surface area contributed by atoms with Gasteiger partial charge in [0.15, 0.2) is 0 Å². The Labute approximate surface area is 143 Å². The Morgan fingerprint density at radius 3 is 2.96 bits per heavy atom. The number of likely N-dealkylation sites (tertiary alicyclic amines) is 1. The molecule has 0 aliphatic carbocycles. The predicted octanol–water partition coefficient (Wildman–Crippen LogP) is 1.57. The molecule has 0 spiro atoms. The van der Waals surface area contributed by atoms with Gasteiger partial charge in [0.2, 0.25) is 0 Å².